The molecule has 0 bridgehead atoms. The number of rotatable bonds is 4. The van der Waals surface area contributed by atoms with E-state index in [-0.39, 0.29) is 9.93 Å². The van der Waals surface area contributed by atoms with Crippen LogP contribution in [-0.4, -0.2) is 36.3 Å². The third-order valence-corrected chi connectivity index (χ3v) is 5.62. The lowest BCUT2D eigenvalue weighted by Gasteiger charge is -2.16. The van der Waals surface area contributed by atoms with Gasteiger partial charge in [-0.3, -0.25) is 0 Å². The Balaban J connectivity index is 2.12. The van der Waals surface area contributed by atoms with Crippen LogP contribution in [0.3, 0.4) is 0 Å². The van der Waals surface area contributed by atoms with Crippen molar-refractivity contribution in [2.24, 2.45) is 0 Å². The van der Waals surface area contributed by atoms with Crippen molar-refractivity contribution in [3.05, 3.63) is 34.9 Å². The van der Waals surface area contributed by atoms with Gasteiger partial charge in [-0.05, 0) is 12.1 Å². The first-order valence-electron chi connectivity index (χ1n) is 5.62. The molecule has 2 atom stereocenters. The fourth-order valence-corrected chi connectivity index (χ4v) is 3.72. The van der Waals surface area contributed by atoms with Crippen molar-refractivity contribution in [2.45, 2.75) is 9.83 Å². The first kappa shape index (κ1) is 16.6. The Kier molecular flexibility index (Phi) is 4.54. The Morgan fingerprint density at radius 1 is 1.30 bits per heavy atom. The highest BCUT2D eigenvalue weighted by Crippen LogP contribution is 2.47. The molecule has 1 aromatic rings. The summed E-state index contributed by atoms with van der Waals surface area (Å²) in [6, 6.07) is 6.82. The zero-order valence-corrected chi connectivity index (χ0v) is 14.2. The molecule has 1 heterocycles. The van der Waals surface area contributed by atoms with Gasteiger partial charge in [-0.15, -0.1) is 8.42 Å². The Bertz CT molecular complexity index is 599. The highest BCUT2D eigenvalue weighted by Gasteiger charge is 2.63. The van der Waals surface area contributed by atoms with Gasteiger partial charge in [0.25, 0.3) is 0 Å². The Morgan fingerprint density at radius 3 is 2.35 bits per heavy atom. The molecule has 20 heavy (non-hydrogen) atoms. The highest BCUT2D eigenvalue weighted by atomic mass is 35.6. The number of nitrogens with zero attached hydrogens (tertiary/aromatic N) is 1. The van der Waals surface area contributed by atoms with E-state index in [1.165, 1.54) is 0 Å². The Hall–Kier alpha value is 0.250. The standard InChI is InChI=1S/C11H12Cl4NO3S/c1-16(20(17,18)19-7-11(13,14)15)6-10(16)8-2-4-9(12)5-3-8/h2-5,10H,6-7H2,1H3/q+1. The molecule has 0 saturated carbocycles. The van der Waals surface area contributed by atoms with Crippen LogP contribution in [-0.2, 0) is 14.5 Å². The number of alkyl halides is 3. The second-order valence-electron chi connectivity index (χ2n) is 4.73. The predicted octanol–water partition coefficient (Wildman–Crippen LogP) is 3.47. The molecule has 0 radical (unpaired) electrons. The lowest BCUT2D eigenvalue weighted by molar-refractivity contribution is -0.661. The number of hydrogen-bond donors (Lipinski definition) is 0. The van der Waals surface area contributed by atoms with Crippen LogP contribution >= 0.6 is 46.4 Å². The van der Waals surface area contributed by atoms with Crippen molar-refractivity contribution in [3.63, 3.8) is 0 Å². The maximum atomic E-state index is 12.2. The first-order chi connectivity index (χ1) is 9.05. The first-order valence-corrected chi connectivity index (χ1v) is 8.50. The number of benzene rings is 1. The summed E-state index contributed by atoms with van der Waals surface area (Å²) in [5.74, 6) is 0. The SMILES string of the molecule is C[N+]1(S(=O)(=O)OCC(Cl)(Cl)Cl)CC1c1ccc(Cl)cc1. The monoisotopic (exact) mass is 378 g/mol. The summed E-state index contributed by atoms with van der Waals surface area (Å²) >= 11 is 22.3. The third kappa shape index (κ3) is 3.53. The predicted molar refractivity (Wildman–Crippen MR) is 80.4 cm³/mol. The van der Waals surface area contributed by atoms with Gasteiger partial charge in [0.1, 0.15) is 6.61 Å². The molecular formula is C11H12Cl4NO3S+. The molecule has 0 amide bonds. The molecule has 1 aliphatic rings. The normalized spacial score (nSPS) is 26.6. The van der Waals surface area contributed by atoms with Gasteiger partial charge in [0.05, 0.1) is 7.05 Å². The molecule has 2 unspecified atom stereocenters. The average molecular weight is 380 g/mol. The van der Waals surface area contributed by atoms with Crippen molar-refractivity contribution in [1.29, 1.82) is 0 Å². The highest BCUT2D eigenvalue weighted by molar-refractivity contribution is 7.81. The third-order valence-electron chi connectivity index (χ3n) is 3.20. The van der Waals surface area contributed by atoms with E-state index in [4.69, 9.17) is 50.6 Å². The van der Waals surface area contributed by atoms with Gasteiger partial charge >= 0.3 is 10.3 Å². The summed E-state index contributed by atoms with van der Waals surface area (Å²) in [7, 11) is -2.31. The van der Waals surface area contributed by atoms with Crippen molar-refractivity contribution in [3.8, 4) is 0 Å². The van der Waals surface area contributed by atoms with Gasteiger partial charge in [-0.1, -0.05) is 58.5 Å². The summed E-state index contributed by atoms with van der Waals surface area (Å²) in [5, 5.41) is 0.596. The number of quaternary nitrogens is 1. The molecule has 0 spiro atoms. The van der Waals surface area contributed by atoms with Crippen LogP contribution in [0.15, 0.2) is 24.3 Å². The maximum absolute atomic E-state index is 12.2. The molecule has 1 aromatic carbocycles. The number of likely N-dealkylation sites (N-methyl/N-ethyl adjacent to an activating group) is 1. The minimum atomic E-state index is -3.88. The molecule has 112 valence electrons. The average Bonchev–Trinajstić information content (AvgIpc) is 3.01. The van der Waals surface area contributed by atoms with E-state index in [2.05, 4.69) is 0 Å². The fraction of sp³-hybridized carbons (Fsp3) is 0.455. The minimum absolute atomic E-state index is 0.201. The van der Waals surface area contributed by atoms with E-state index < -0.39 is 20.7 Å². The van der Waals surface area contributed by atoms with Crippen LogP contribution in [0.5, 0.6) is 0 Å². The van der Waals surface area contributed by atoms with Crippen LogP contribution in [0.2, 0.25) is 5.02 Å². The van der Waals surface area contributed by atoms with Crippen LogP contribution in [0.1, 0.15) is 11.6 Å². The summed E-state index contributed by atoms with van der Waals surface area (Å²) in [4.78, 5) is 0. The second-order valence-corrected chi connectivity index (χ2v) is 9.61. The zero-order chi connectivity index (χ0) is 15.2. The largest absolute Gasteiger partial charge is 0.436 e. The molecule has 1 saturated heterocycles. The van der Waals surface area contributed by atoms with E-state index in [1.54, 1.807) is 31.3 Å². The molecule has 0 aromatic heterocycles. The second kappa shape index (κ2) is 5.47. The van der Waals surface area contributed by atoms with Gasteiger partial charge in [0.15, 0.2) is 12.6 Å². The van der Waals surface area contributed by atoms with Crippen molar-refractivity contribution >= 4 is 56.7 Å². The van der Waals surface area contributed by atoms with Crippen LogP contribution in [0.25, 0.3) is 0 Å². The lowest BCUT2D eigenvalue weighted by Crippen LogP contribution is -2.34. The fourth-order valence-electron chi connectivity index (χ4n) is 1.91. The maximum Gasteiger partial charge on any atom is 0.436 e. The molecular weight excluding hydrogens is 368 g/mol. The van der Waals surface area contributed by atoms with Gasteiger partial charge < -0.3 is 0 Å². The van der Waals surface area contributed by atoms with Gasteiger partial charge in [-0.2, -0.15) is 3.89 Å². The lowest BCUT2D eigenvalue weighted by atomic mass is 10.2. The van der Waals surface area contributed by atoms with Gasteiger partial charge in [-0.25, -0.2) is 4.18 Å². The number of hydrogen-bond acceptors (Lipinski definition) is 3. The smallest absolute Gasteiger partial charge is 0.222 e. The van der Waals surface area contributed by atoms with E-state index in [1.807, 2.05) is 0 Å². The molecule has 0 N–H and O–H groups in total. The van der Waals surface area contributed by atoms with Gasteiger partial charge in [0, 0.05) is 10.6 Å². The van der Waals surface area contributed by atoms with Crippen molar-refractivity contribution in [1.82, 2.24) is 0 Å². The summed E-state index contributed by atoms with van der Waals surface area (Å²) in [5.41, 5.74) is 0.873. The van der Waals surface area contributed by atoms with Crippen molar-refractivity contribution in [2.75, 3.05) is 20.2 Å². The Labute approximate surface area is 138 Å². The number of halogens is 4. The van der Waals surface area contributed by atoms with Crippen LogP contribution in [0.4, 0.5) is 0 Å². The minimum Gasteiger partial charge on any atom is -0.222 e. The van der Waals surface area contributed by atoms with Crippen LogP contribution < -0.4 is 0 Å². The summed E-state index contributed by atoms with van der Waals surface area (Å²) < 4.78 is 27.1. The Morgan fingerprint density at radius 2 is 1.85 bits per heavy atom. The molecule has 1 aliphatic heterocycles. The molecule has 9 heteroatoms. The summed E-state index contributed by atoms with van der Waals surface area (Å²) in [6.45, 7) is -0.106. The van der Waals surface area contributed by atoms with Gasteiger partial charge in [0.2, 0.25) is 3.79 Å². The molecule has 0 aliphatic carbocycles. The van der Waals surface area contributed by atoms with E-state index >= 15 is 0 Å². The van der Waals surface area contributed by atoms with Crippen LogP contribution in [0, 0.1) is 0 Å². The quantitative estimate of drug-likeness (QED) is 0.457. The molecule has 4 nitrogen and oxygen atoms in total. The van der Waals surface area contributed by atoms with Crippen molar-refractivity contribution < 1.29 is 16.5 Å². The molecule has 1 fully saturated rings. The topological polar surface area (TPSA) is 43.4 Å². The van der Waals surface area contributed by atoms with E-state index in [9.17, 15) is 8.42 Å². The molecule has 2 rings (SSSR count). The zero-order valence-electron chi connectivity index (χ0n) is 10.4. The van der Waals surface area contributed by atoms with E-state index in [0.29, 0.717) is 11.6 Å². The summed E-state index contributed by atoms with van der Waals surface area (Å²) in [6.07, 6.45) is 0. The van der Waals surface area contributed by atoms with E-state index in [0.717, 1.165) is 5.56 Å².